The standard InChI is InChI=1S/C36H64O7/c1-27(2)41-30(26-39-29-18-16-15-17-19-29)22-33(7,8)36(13,14)42-31(25-38-24-28(3)37)23-35(11,12)43-34(9,10)20-21-40-32(4,5)6/h15-19,27,30-31H,20-26H2,1-14H3. The zero-order valence-electron chi connectivity index (χ0n) is 29.9. The third-order valence-electron chi connectivity index (χ3n) is 7.59. The summed E-state index contributed by atoms with van der Waals surface area (Å²) < 4.78 is 37.8. The summed E-state index contributed by atoms with van der Waals surface area (Å²) in [5.74, 6) is 0.812. The molecule has 7 heteroatoms. The van der Waals surface area contributed by atoms with Gasteiger partial charge >= 0.3 is 0 Å². The molecule has 0 amide bonds. The molecule has 0 aliphatic heterocycles. The summed E-state index contributed by atoms with van der Waals surface area (Å²) in [5.41, 5.74) is -1.95. The lowest BCUT2D eigenvalue weighted by molar-refractivity contribution is -0.199. The van der Waals surface area contributed by atoms with Crippen molar-refractivity contribution < 1.29 is 33.2 Å². The van der Waals surface area contributed by atoms with Crippen molar-refractivity contribution in [2.75, 3.05) is 26.4 Å². The minimum Gasteiger partial charge on any atom is -0.491 e. The smallest absolute Gasteiger partial charge is 0.155 e. The lowest BCUT2D eigenvalue weighted by Gasteiger charge is -2.46. The van der Waals surface area contributed by atoms with Gasteiger partial charge in [0.2, 0.25) is 0 Å². The number of para-hydroxylation sites is 1. The number of hydrogen-bond donors (Lipinski definition) is 0. The SMILES string of the molecule is CC(=O)COCC(CC(C)(C)OC(C)(C)CCOC(C)(C)C)OC(C)(C)C(C)(C)CC(COc1ccccc1)OC(C)C. The summed E-state index contributed by atoms with van der Waals surface area (Å²) in [5, 5.41) is 0. The molecule has 0 saturated carbocycles. The molecule has 0 spiro atoms. The van der Waals surface area contributed by atoms with E-state index in [0.717, 1.165) is 18.6 Å². The van der Waals surface area contributed by atoms with Crippen molar-refractivity contribution in [2.24, 2.45) is 5.41 Å². The van der Waals surface area contributed by atoms with E-state index in [4.69, 9.17) is 28.4 Å². The Balaban J connectivity index is 3.04. The minimum atomic E-state index is -0.561. The number of carbonyl (C=O) groups excluding carboxylic acids is 1. The first-order valence-corrected chi connectivity index (χ1v) is 15.9. The van der Waals surface area contributed by atoms with Gasteiger partial charge in [-0.05, 0) is 113 Å². The highest BCUT2D eigenvalue weighted by Gasteiger charge is 2.43. The van der Waals surface area contributed by atoms with Gasteiger partial charge in [0, 0.05) is 13.0 Å². The summed E-state index contributed by atoms with van der Waals surface area (Å²) in [4.78, 5) is 11.7. The van der Waals surface area contributed by atoms with Crippen molar-refractivity contribution in [2.45, 2.75) is 157 Å². The fourth-order valence-electron chi connectivity index (χ4n) is 5.09. The normalized spacial score (nSPS) is 15.0. The fourth-order valence-corrected chi connectivity index (χ4v) is 5.09. The third-order valence-corrected chi connectivity index (χ3v) is 7.59. The van der Waals surface area contributed by atoms with Crippen LogP contribution in [0.5, 0.6) is 5.75 Å². The van der Waals surface area contributed by atoms with E-state index >= 15 is 0 Å². The molecule has 1 rings (SSSR count). The third kappa shape index (κ3) is 16.9. The molecule has 0 fully saturated rings. The predicted octanol–water partition coefficient (Wildman–Crippen LogP) is 8.21. The van der Waals surface area contributed by atoms with Gasteiger partial charge in [-0.25, -0.2) is 0 Å². The lowest BCUT2D eigenvalue weighted by atomic mass is 9.73. The molecule has 0 bridgehead atoms. The number of ketones is 1. The Labute approximate surface area is 263 Å². The Morgan fingerprint density at radius 3 is 1.93 bits per heavy atom. The summed E-state index contributed by atoms with van der Waals surface area (Å²) >= 11 is 0. The Bertz CT molecular complexity index is 929. The maximum atomic E-state index is 11.7. The number of hydrogen-bond acceptors (Lipinski definition) is 7. The van der Waals surface area contributed by atoms with Crippen LogP contribution in [0.3, 0.4) is 0 Å². The van der Waals surface area contributed by atoms with Gasteiger partial charge in [0.1, 0.15) is 19.0 Å². The molecule has 0 heterocycles. The highest BCUT2D eigenvalue weighted by molar-refractivity contribution is 5.76. The van der Waals surface area contributed by atoms with Crippen molar-refractivity contribution in [3.8, 4) is 5.75 Å². The topological polar surface area (TPSA) is 72.5 Å². The summed E-state index contributed by atoms with van der Waals surface area (Å²) in [7, 11) is 0. The van der Waals surface area contributed by atoms with Gasteiger partial charge in [-0.15, -0.1) is 0 Å². The van der Waals surface area contributed by atoms with E-state index in [9.17, 15) is 4.79 Å². The van der Waals surface area contributed by atoms with E-state index in [1.807, 2.05) is 44.2 Å². The molecule has 1 aromatic carbocycles. The zero-order chi connectivity index (χ0) is 33.1. The van der Waals surface area contributed by atoms with Crippen molar-refractivity contribution in [1.29, 1.82) is 0 Å². The number of ether oxygens (including phenoxy) is 6. The van der Waals surface area contributed by atoms with Gasteiger partial charge < -0.3 is 28.4 Å². The molecule has 2 atom stereocenters. The molecule has 1 aromatic rings. The van der Waals surface area contributed by atoms with Crippen molar-refractivity contribution in [3.63, 3.8) is 0 Å². The number of rotatable bonds is 21. The molecule has 0 aromatic heterocycles. The summed E-state index contributed by atoms with van der Waals surface area (Å²) in [6, 6.07) is 9.82. The van der Waals surface area contributed by atoms with Gasteiger partial charge in [0.05, 0.1) is 47.3 Å². The maximum Gasteiger partial charge on any atom is 0.155 e. The van der Waals surface area contributed by atoms with Crippen LogP contribution in [0.25, 0.3) is 0 Å². The van der Waals surface area contributed by atoms with Crippen LogP contribution in [0.4, 0.5) is 0 Å². The van der Waals surface area contributed by atoms with Crippen LogP contribution < -0.4 is 4.74 Å². The fraction of sp³-hybridized carbons (Fsp3) is 0.806. The molecule has 2 unspecified atom stereocenters. The second-order valence-corrected chi connectivity index (χ2v) is 15.5. The number of benzene rings is 1. The first kappa shape index (κ1) is 39.5. The van der Waals surface area contributed by atoms with Crippen LogP contribution >= 0.6 is 0 Å². The van der Waals surface area contributed by atoms with E-state index < -0.39 is 16.8 Å². The van der Waals surface area contributed by atoms with Crippen LogP contribution in [0.2, 0.25) is 0 Å². The molecule has 0 N–H and O–H groups in total. The van der Waals surface area contributed by atoms with Crippen LogP contribution in [0, 0.1) is 5.41 Å². The molecule has 43 heavy (non-hydrogen) atoms. The molecular formula is C36H64O7. The molecule has 0 saturated heterocycles. The summed E-state index contributed by atoms with van der Waals surface area (Å²) in [6.45, 7) is 30.3. The van der Waals surface area contributed by atoms with E-state index in [1.165, 1.54) is 6.92 Å². The largest absolute Gasteiger partial charge is 0.491 e. The zero-order valence-corrected chi connectivity index (χ0v) is 29.9. The highest BCUT2D eigenvalue weighted by atomic mass is 16.6. The molecule has 0 radical (unpaired) electrons. The molecule has 250 valence electrons. The van der Waals surface area contributed by atoms with Gasteiger partial charge in [-0.2, -0.15) is 0 Å². The van der Waals surface area contributed by atoms with E-state index in [1.54, 1.807) is 0 Å². The van der Waals surface area contributed by atoms with E-state index in [-0.39, 0.29) is 41.7 Å². The highest BCUT2D eigenvalue weighted by Crippen LogP contribution is 2.41. The molecule has 0 aliphatic rings. The van der Waals surface area contributed by atoms with Crippen molar-refractivity contribution in [1.82, 2.24) is 0 Å². The second kappa shape index (κ2) is 16.7. The Morgan fingerprint density at radius 1 is 0.791 bits per heavy atom. The average Bonchev–Trinajstić information content (AvgIpc) is 2.80. The van der Waals surface area contributed by atoms with Gasteiger partial charge in [-0.1, -0.05) is 32.0 Å². The number of Topliss-reactive ketones (excluding diaryl/α,β-unsaturated/α-hetero) is 1. The number of carbonyl (C=O) groups is 1. The predicted molar refractivity (Wildman–Crippen MR) is 175 cm³/mol. The Kier molecular flexibility index (Phi) is 15.3. The lowest BCUT2D eigenvalue weighted by Crippen LogP contribution is -2.50. The van der Waals surface area contributed by atoms with Crippen LogP contribution in [-0.4, -0.2) is 72.9 Å². The molecule has 7 nitrogen and oxygen atoms in total. The van der Waals surface area contributed by atoms with Gasteiger partial charge in [0.15, 0.2) is 5.78 Å². The molecular weight excluding hydrogens is 544 g/mol. The van der Waals surface area contributed by atoms with Crippen LogP contribution in [-0.2, 0) is 28.5 Å². The maximum absolute atomic E-state index is 11.7. The Hall–Kier alpha value is -1.51. The van der Waals surface area contributed by atoms with Crippen molar-refractivity contribution >= 4 is 5.78 Å². The van der Waals surface area contributed by atoms with Gasteiger partial charge in [-0.3, -0.25) is 4.79 Å². The van der Waals surface area contributed by atoms with E-state index in [0.29, 0.717) is 26.2 Å². The van der Waals surface area contributed by atoms with Crippen molar-refractivity contribution in [3.05, 3.63) is 30.3 Å². The first-order chi connectivity index (χ1) is 19.5. The second-order valence-electron chi connectivity index (χ2n) is 15.5. The van der Waals surface area contributed by atoms with Crippen LogP contribution in [0.15, 0.2) is 30.3 Å². The minimum absolute atomic E-state index is 0.0130. The average molecular weight is 609 g/mol. The van der Waals surface area contributed by atoms with Gasteiger partial charge in [0.25, 0.3) is 0 Å². The molecule has 0 aliphatic carbocycles. The summed E-state index contributed by atoms with van der Waals surface area (Å²) in [6.07, 6.45) is 1.73. The first-order valence-electron chi connectivity index (χ1n) is 15.9. The van der Waals surface area contributed by atoms with E-state index in [2.05, 4.69) is 76.2 Å². The quantitative estimate of drug-likeness (QED) is 0.139. The monoisotopic (exact) mass is 608 g/mol. The van der Waals surface area contributed by atoms with Crippen LogP contribution in [0.1, 0.15) is 116 Å². The Morgan fingerprint density at radius 2 is 1.40 bits per heavy atom.